The van der Waals surface area contributed by atoms with Crippen LogP contribution in [0.5, 0.6) is 5.88 Å². The molecule has 1 aliphatic heterocycles. The second-order valence-electron chi connectivity index (χ2n) is 5.69. The van der Waals surface area contributed by atoms with E-state index in [1.165, 1.54) is 0 Å². The maximum Gasteiger partial charge on any atom is 0.309 e. The number of hydrogen-bond donors (Lipinski definition) is 0. The summed E-state index contributed by atoms with van der Waals surface area (Å²) in [4.78, 5) is 12.2. The van der Waals surface area contributed by atoms with E-state index in [-0.39, 0.29) is 24.6 Å². The van der Waals surface area contributed by atoms with Gasteiger partial charge >= 0.3 is 5.97 Å². The van der Waals surface area contributed by atoms with E-state index in [1.54, 1.807) is 6.20 Å². The molecule has 0 N–H and O–H groups in total. The smallest absolute Gasteiger partial charge is 0.309 e. The number of aromatic nitrogens is 2. The molecule has 1 atom stereocenters. The van der Waals surface area contributed by atoms with Gasteiger partial charge in [-0.2, -0.15) is 4.37 Å². The van der Waals surface area contributed by atoms with Gasteiger partial charge < -0.3 is 18.9 Å². The van der Waals surface area contributed by atoms with Gasteiger partial charge in [-0.15, -0.1) is 4.37 Å². The fourth-order valence-corrected chi connectivity index (χ4v) is 3.19. The van der Waals surface area contributed by atoms with E-state index in [4.69, 9.17) is 18.9 Å². The van der Waals surface area contributed by atoms with Gasteiger partial charge in [0.2, 0.25) is 5.88 Å². The summed E-state index contributed by atoms with van der Waals surface area (Å²) in [5.74, 6) is -0.228. The Balaban J connectivity index is 1.40. The summed E-state index contributed by atoms with van der Waals surface area (Å²) in [5, 5.41) is 0. The lowest BCUT2D eigenvalue weighted by Crippen LogP contribution is -2.38. The monoisotopic (exact) mass is 328 g/mol. The van der Waals surface area contributed by atoms with Crippen LogP contribution >= 0.6 is 11.7 Å². The van der Waals surface area contributed by atoms with Crippen LogP contribution in [0.3, 0.4) is 0 Å². The zero-order valence-corrected chi connectivity index (χ0v) is 13.3. The van der Waals surface area contributed by atoms with Crippen LogP contribution in [0.1, 0.15) is 32.6 Å². The zero-order valence-electron chi connectivity index (χ0n) is 12.5. The first-order valence-corrected chi connectivity index (χ1v) is 8.29. The minimum atomic E-state index is -0.441. The summed E-state index contributed by atoms with van der Waals surface area (Å²) in [6.07, 6.45) is 4.21. The predicted molar refractivity (Wildman–Crippen MR) is 77.6 cm³/mol. The SMILES string of the molecule is CC(COc1cnsn1)OC(=O)C1CCC2(CC1)OCCO2. The molecule has 0 bridgehead atoms. The van der Waals surface area contributed by atoms with Crippen LogP contribution in [-0.2, 0) is 19.0 Å². The number of carbonyl (C=O) groups is 1. The van der Waals surface area contributed by atoms with Crippen LogP contribution in [-0.4, -0.2) is 46.4 Å². The minimum absolute atomic E-state index is 0.0817. The van der Waals surface area contributed by atoms with Crippen LogP contribution in [0, 0.1) is 5.92 Å². The van der Waals surface area contributed by atoms with Crippen LogP contribution < -0.4 is 4.74 Å². The van der Waals surface area contributed by atoms with Gasteiger partial charge in [0.1, 0.15) is 18.9 Å². The second kappa shape index (κ2) is 6.89. The number of carbonyl (C=O) groups excluding carboxylic acids is 1. The summed E-state index contributed by atoms with van der Waals surface area (Å²) in [7, 11) is 0. The van der Waals surface area contributed by atoms with E-state index in [1.807, 2.05) is 6.92 Å². The van der Waals surface area contributed by atoms with Crippen LogP contribution in [0.4, 0.5) is 0 Å². The Labute approximate surface area is 133 Å². The second-order valence-corrected chi connectivity index (χ2v) is 6.24. The summed E-state index contributed by atoms with van der Waals surface area (Å²) < 4.78 is 30.0. The fourth-order valence-electron chi connectivity index (χ4n) is 2.83. The standard InChI is InChI=1S/C14H20N2O5S/c1-10(9-18-12-8-15-22-16-12)21-13(17)11-2-4-14(5-3-11)19-6-7-20-14/h8,10-11H,2-7,9H2,1H3. The van der Waals surface area contributed by atoms with Gasteiger partial charge in [0, 0.05) is 12.8 Å². The number of esters is 1. The summed E-state index contributed by atoms with van der Waals surface area (Å²) in [5.41, 5.74) is 0. The molecule has 22 heavy (non-hydrogen) atoms. The van der Waals surface area contributed by atoms with Crippen LogP contribution in [0.25, 0.3) is 0 Å². The zero-order chi connectivity index (χ0) is 15.4. The van der Waals surface area contributed by atoms with Crippen molar-refractivity contribution in [3.8, 4) is 5.88 Å². The molecule has 0 aromatic carbocycles. The Hall–Kier alpha value is -1.25. The van der Waals surface area contributed by atoms with Crippen molar-refractivity contribution in [3.05, 3.63) is 6.20 Å². The van der Waals surface area contributed by atoms with Crippen LogP contribution in [0.15, 0.2) is 6.20 Å². The van der Waals surface area contributed by atoms with E-state index in [0.29, 0.717) is 19.1 Å². The summed E-state index contributed by atoms with van der Waals surface area (Å²) in [6.45, 7) is 3.38. The van der Waals surface area contributed by atoms with Crippen molar-refractivity contribution >= 4 is 17.7 Å². The van der Waals surface area contributed by atoms with Crippen molar-refractivity contribution in [1.29, 1.82) is 0 Å². The van der Waals surface area contributed by atoms with Gasteiger partial charge in [-0.1, -0.05) is 0 Å². The third kappa shape index (κ3) is 3.74. The van der Waals surface area contributed by atoms with E-state index < -0.39 is 5.79 Å². The number of rotatable bonds is 5. The molecule has 8 heteroatoms. The molecular formula is C14H20N2O5S. The Morgan fingerprint density at radius 1 is 1.45 bits per heavy atom. The van der Waals surface area contributed by atoms with Gasteiger partial charge in [0.25, 0.3) is 0 Å². The number of hydrogen-bond acceptors (Lipinski definition) is 8. The van der Waals surface area contributed by atoms with Crippen molar-refractivity contribution in [2.75, 3.05) is 19.8 Å². The van der Waals surface area contributed by atoms with Crippen LogP contribution in [0.2, 0.25) is 0 Å². The van der Waals surface area contributed by atoms with Crippen molar-refractivity contribution in [2.45, 2.75) is 44.5 Å². The first-order chi connectivity index (χ1) is 10.7. The number of nitrogens with zero attached hydrogens (tertiary/aromatic N) is 2. The molecule has 1 spiro atoms. The molecule has 2 heterocycles. The Morgan fingerprint density at radius 3 is 2.82 bits per heavy atom. The number of ether oxygens (including phenoxy) is 4. The minimum Gasteiger partial charge on any atom is -0.472 e. The first-order valence-electron chi connectivity index (χ1n) is 7.56. The molecule has 1 aromatic heterocycles. The van der Waals surface area contributed by atoms with E-state index in [0.717, 1.165) is 37.4 Å². The first kappa shape index (κ1) is 15.6. The maximum absolute atomic E-state index is 12.2. The Morgan fingerprint density at radius 2 is 2.18 bits per heavy atom. The highest BCUT2D eigenvalue weighted by Gasteiger charge is 2.42. The van der Waals surface area contributed by atoms with E-state index in [2.05, 4.69) is 8.75 Å². The molecule has 3 rings (SSSR count). The van der Waals surface area contributed by atoms with Gasteiger partial charge in [-0.3, -0.25) is 4.79 Å². The van der Waals surface area contributed by atoms with E-state index in [9.17, 15) is 4.79 Å². The maximum atomic E-state index is 12.2. The molecule has 1 unspecified atom stereocenters. The molecule has 1 aliphatic carbocycles. The lowest BCUT2D eigenvalue weighted by Gasteiger charge is -2.34. The molecule has 0 radical (unpaired) electrons. The molecule has 2 aliphatic rings. The molecule has 7 nitrogen and oxygen atoms in total. The van der Waals surface area contributed by atoms with Gasteiger partial charge in [-0.05, 0) is 19.8 Å². The third-order valence-electron chi connectivity index (χ3n) is 4.02. The molecule has 1 saturated heterocycles. The third-order valence-corrected chi connectivity index (χ3v) is 4.48. The molecule has 0 amide bonds. The highest BCUT2D eigenvalue weighted by atomic mass is 32.1. The van der Waals surface area contributed by atoms with Gasteiger partial charge in [0.05, 0.1) is 30.9 Å². The molecular weight excluding hydrogens is 308 g/mol. The van der Waals surface area contributed by atoms with Crippen molar-refractivity contribution < 1.29 is 23.7 Å². The van der Waals surface area contributed by atoms with Gasteiger partial charge in [-0.25, -0.2) is 0 Å². The quantitative estimate of drug-likeness (QED) is 0.762. The van der Waals surface area contributed by atoms with Crippen molar-refractivity contribution in [1.82, 2.24) is 8.75 Å². The normalized spacial score (nSPS) is 22.6. The van der Waals surface area contributed by atoms with Crippen molar-refractivity contribution in [2.24, 2.45) is 5.92 Å². The highest BCUT2D eigenvalue weighted by Crippen LogP contribution is 2.38. The lowest BCUT2D eigenvalue weighted by molar-refractivity contribution is -0.189. The fraction of sp³-hybridized carbons (Fsp3) is 0.786. The Bertz CT molecular complexity index is 479. The Kier molecular flexibility index (Phi) is 4.90. The topological polar surface area (TPSA) is 79.8 Å². The lowest BCUT2D eigenvalue weighted by atomic mass is 9.85. The predicted octanol–water partition coefficient (Wildman–Crippen LogP) is 1.78. The highest BCUT2D eigenvalue weighted by molar-refractivity contribution is 6.99. The van der Waals surface area contributed by atoms with Crippen molar-refractivity contribution in [3.63, 3.8) is 0 Å². The summed E-state index contributed by atoms with van der Waals surface area (Å²) in [6, 6.07) is 0. The average molecular weight is 328 g/mol. The molecule has 1 aromatic rings. The van der Waals surface area contributed by atoms with E-state index >= 15 is 0 Å². The molecule has 2 fully saturated rings. The average Bonchev–Trinajstić information content (AvgIpc) is 3.18. The molecule has 1 saturated carbocycles. The molecule has 122 valence electrons. The summed E-state index contributed by atoms with van der Waals surface area (Å²) >= 11 is 1.08. The largest absolute Gasteiger partial charge is 0.472 e. The van der Waals surface area contributed by atoms with Gasteiger partial charge in [0.15, 0.2) is 5.79 Å².